The van der Waals surface area contributed by atoms with E-state index in [9.17, 15) is 8.42 Å². The van der Waals surface area contributed by atoms with Crippen LogP contribution >= 0.6 is 15.9 Å². The van der Waals surface area contributed by atoms with Crippen molar-refractivity contribution in [2.45, 2.75) is 43.6 Å². The van der Waals surface area contributed by atoms with E-state index < -0.39 is 10.0 Å². The summed E-state index contributed by atoms with van der Waals surface area (Å²) >= 11 is 3.40. The molecule has 0 bridgehead atoms. The maximum absolute atomic E-state index is 12.3. The molecule has 6 heteroatoms. The summed E-state index contributed by atoms with van der Waals surface area (Å²) in [7, 11) is -1.81. The summed E-state index contributed by atoms with van der Waals surface area (Å²) in [4.78, 5) is 0.293. The van der Waals surface area contributed by atoms with E-state index in [0.29, 0.717) is 21.7 Å². The van der Waals surface area contributed by atoms with Crippen molar-refractivity contribution in [2.75, 3.05) is 13.6 Å². The fourth-order valence-electron chi connectivity index (χ4n) is 2.02. The molecule has 0 atom stereocenters. The molecule has 0 heterocycles. The van der Waals surface area contributed by atoms with Crippen molar-refractivity contribution < 1.29 is 13.2 Å². The fraction of sp³-hybridized carbons (Fsp3) is 0.571. The van der Waals surface area contributed by atoms with Gasteiger partial charge in [-0.15, -0.1) is 0 Å². The fourth-order valence-corrected chi connectivity index (χ4v) is 3.93. The first-order valence-corrected chi connectivity index (χ1v) is 9.11. The molecule has 2 rings (SSSR count). The molecule has 0 aliphatic heterocycles. The van der Waals surface area contributed by atoms with Crippen molar-refractivity contribution in [2.24, 2.45) is 0 Å². The standard InChI is InChI=1S/C14H20BrNO3S/c1-3-9-16(2)20(17,18)12-7-8-14(13(15)10-12)19-11-5-4-6-11/h7-8,10-11H,3-6,9H2,1-2H3. The number of sulfonamides is 1. The van der Waals surface area contributed by atoms with Crippen molar-refractivity contribution in [3.05, 3.63) is 22.7 Å². The van der Waals surface area contributed by atoms with E-state index in [1.54, 1.807) is 25.2 Å². The van der Waals surface area contributed by atoms with E-state index >= 15 is 0 Å². The van der Waals surface area contributed by atoms with Crippen LogP contribution < -0.4 is 4.74 Å². The summed E-state index contributed by atoms with van der Waals surface area (Å²) in [5.74, 6) is 0.715. The zero-order valence-corrected chi connectivity index (χ0v) is 14.2. The third-order valence-corrected chi connectivity index (χ3v) is 5.97. The number of hydrogen-bond donors (Lipinski definition) is 0. The summed E-state index contributed by atoms with van der Waals surface area (Å²) in [6.45, 7) is 2.47. The van der Waals surface area contributed by atoms with Crippen LogP contribution in [-0.4, -0.2) is 32.4 Å². The van der Waals surface area contributed by atoms with Gasteiger partial charge in [0.25, 0.3) is 0 Å². The molecule has 0 aromatic heterocycles. The second kappa shape index (κ2) is 6.45. The average Bonchev–Trinajstić information content (AvgIpc) is 2.35. The Morgan fingerprint density at radius 2 is 2.10 bits per heavy atom. The molecular weight excluding hydrogens is 342 g/mol. The van der Waals surface area contributed by atoms with Crippen LogP contribution in [0.2, 0.25) is 0 Å². The van der Waals surface area contributed by atoms with Gasteiger partial charge in [-0.2, -0.15) is 0 Å². The Morgan fingerprint density at radius 3 is 2.60 bits per heavy atom. The Morgan fingerprint density at radius 1 is 1.40 bits per heavy atom. The topological polar surface area (TPSA) is 46.6 Å². The van der Waals surface area contributed by atoms with E-state index in [2.05, 4.69) is 15.9 Å². The van der Waals surface area contributed by atoms with Gasteiger partial charge in [0.2, 0.25) is 10.0 Å². The number of nitrogens with zero attached hydrogens (tertiary/aromatic N) is 1. The minimum atomic E-state index is -3.41. The van der Waals surface area contributed by atoms with Crippen molar-refractivity contribution in [3.8, 4) is 5.75 Å². The molecule has 1 aliphatic rings. The summed E-state index contributed by atoms with van der Waals surface area (Å²) in [5.41, 5.74) is 0. The van der Waals surface area contributed by atoms with Gasteiger partial charge in [0.05, 0.1) is 15.5 Å². The van der Waals surface area contributed by atoms with E-state index in [1.807, 2.05) is 6.92 Å². The molecule has 0 radical (unpaired) electrons. The van der Waals surface area contributed by atoms with E-state index in [0.717, 1.165) is 19.3 Å². The minimum Gasteiger partial charge on any atom is -0.489 e. The van der Waals surface area contributed by atoms with Crippen LogP contribution in [0.1, 0.15) is 32.6 Å². The van der Waals surface area contributed by atoms with Crippen LogP contribution in [0.4, 0.5) is 0 Å². The molecule has 112 valence electrons. The molecule has 0 amide bonds. The first kappa shape index (κ1) is 15.8. The molecule has 1 aliphatic carbocycles. The lowest BCUT2D eigenvalue weighted by Gasteiger charge is -2.27. The summed E-state index contributed by atoms with van der Waals surface area (Å²) in [6, 6.07) is 4.96. The third-order valence-electron chi connectivity index (χ3n) is 3.50. The van der Waals surface area contributed by atoms with Gasteiger partial charge >= 0.3 is 0 Å². The van der Waals surface area contributed by atoms with Gasteiger partial charge in [-0.05, 0) is 59.8 Å². The summed E-state index contributed by atoms with van der Waals surface area (Å²) < 4.78 is 32.5. The van der Waals surface area contributed by atoms with Gasteiger partial charge in [0.1, 0.15) is 5.75 Å². The second-order valence-corrected chi connectivity index (χ2v) is 7.99. The second-order valence-electron chi connectivity index (χ2n) is 5.09. The Labute approximate surface area is 129 Å². The molecule has 0 N–H and O–H groups in total. The molecule has 0 unspecified atom stereocenters. The molecule has 1 aromatic rings. The number of rotatable bonds is 6. The monoisotopic (exact) mass is 361 g/mol. The zero-order valence-electron chi connectivity index (χ0n) is 11.8. The molecule has 1 aromatic carbocycles. The van der Waals surface area contributed by atoms with Crippen LogP contribution in [0.15, 0.2) is 27.6 Å². The number of halogens is 1. The summed E-state index contributed by atoms with van der Waals surface area (Å²) in [5, 5.41) is 0. The lowest BCUT2D eigenvalue weighted by Crippen LogP contribution is -2.28. The predicted molar refractivity (Wildman–Crippen MR) is 82.5 cm³/mol. The Hall–Kier alpha value is -0.590. The highest BCUT2D eigenvalue weighted by Gasteiger charge is 2.23. The molecule has 1 saturated carbocycles. The first-order valence-electron chi connectivity index (χ1n) is 6.87. The normalized spacial score (nSPS) is 16.2. The smallest absolute Gasteiger partial charge is 0.242 e. The predicted octanol–water partition coefficient (Wildman–Crippen LogP) is 3.41. The Kier molecular flexibility index (Phi) is 5.09. The van der Waals surface area contributed by atoms with Crippen LogP contribution in [0.5, 0.6) is 5.75 Å². The number of benzene rings is 1. The largest absolute Gasteiger partial charge is 0.489 e. The average molecular weight is 362 g/mol. The van der Waals surface area contributed by atoms with E-state index in [1.165, 1.54) is 10.7 Å². The molecule has 4 nitrogen and oxygen atoms in total. The summed E-state index contributed by atoms with van der Waals surface area (Å²) in [6.07, 6.45) is 4.42. The number of hydrogen-bond acceptors (Lipinski definition) is 3. The highest BCUT2D eigenvalue weighted by atomic mass is 79.9. The van der Waals surface area contributed by atoms with Crippen LogP contribution in [0, 0.1) is 0 Å². The lowest BCUT2D eigenvalue weighted by atomic mass is 9.96. The van der Waals surface area contributed by atoms with Gasteiger partial charge in [-0.25, -0.2) is 12.7 Å². The Bertz CT molecular complexity index is 570. The molecular formula is C14H20BrNO3S. The van der Waals surface area contributed by atoms with Gasteiger partial charge < -0.3 is 4.74 Å². The lowest BCUT2D eigenvalue weighted by molar-refractivity contribution is 0.119. The van der Waals surface area contributed by atoms with Crippen molar-refractivity contribution in [3.63, 3.8) is 0 Å². The first-order chi connectivity index (χ1) is 9.45. The van der Waals surface area contributed by atoms with Gasteiger partial charge in [0, 0.05) is 13.6 Å². The minimum absolute atomic E-state index is 0.275. The van der Waals surface area contributed by atoms with E-state index in [-0.39, 0.29) is 6.10 Å². The Balaban J connectivity index is 2.19. The molecule has 1 fully saturated rings. The maximum atomic E-state index is 12.3. The SMILES string of the molecule is CCCN(C)S(=O)(=O)c1ccc(OC2CCC2)c(Br)c1. The zero-order chi connectivity index (χ0) is 14.8. The van der Waals surface area contributed by atoms with Crippen LogP contribution in [-0.2, 0) is 10.0 Å². The highest BCUT2D eigenvalue weighted by molar-refractivity contribution is 9.10. The molecule has 20 heavy (non-hydrogen) atoms. The number of ether oxygens (including phenoxy) is 1. The van der Waals surface area contributed by atoms with Gasteiger partial charge in [-0.3, -0.25) is 0 Å². The van der Waals surface area contributed by atoms with Gasteiger partial charge in [-0.1, -0.05) is 6.92 Å². The van der Waals surface area contributed by atoms with E-state index in [4.69, 9.17) is 4.74 Å². The van der Waals surface area contributed by atoms with Crippen molar-refractivity contribution in [1.29, 1.82) is 0 Å². The maximum Gasteiger partial charge on any atom is 0.242 e. The van der Waals surface area contributed by atoms with Crippen molar-refractivity contribution >= 4 is 26.0 Å². The third kappa shape index (κ3) is 3.35. The van der Waals surface area contributed by atoms with Crippen molar-refractivity contribution in [1.82, 2.24) is 4.31 Å². The molecule has 0 spiro atoms. The van der Waals surface area contributed by atoms with Crippen LogP contribution in [0.25, 0.3) is 0 Å². The molecule has 0 saturated heterocycles. The van der Waals surface area contributed by atoms with Gasteiger partial charge in [0.15, 0.2) is 0 Å². The highest BCUT2D eigenvalue weighted by Crippen LogP contribution is 2.32. The quantitative estimate of drug-likeness (QED) is 0.779. The van der Waals surface area contributed by atoms with Crippen LogP contribution in [0.3, 0.4) is 0 Å².